The maximum Gasteiger partial charge on any atom is 0.0594 e. The Labute approximate surface area is 106 Å². The summed E-state index contributed by atoms with van der Waals surface area (Å²) in [5, 5.41) is 3.57. The molecule has 0 saturated carbocycles. The molecule has 3 heteroatoms. The molecule has 1 fully saturated rings. The van der Waals surface area contributed by atoms with Gasteiger partial charge in [0.05, 0.1) is 13.2 Å². The lowest BCUT2D eigenvalue weighted by Crippen LogP contribution is -2.60. The third kappa shape index (κ3) is 3.99. The summed E-state index contributed by atoms with van der Waals surface area (Å²) in [5.74, 6) is 6.21. The number of morpholine rings is 1. The van der Waals surface area contributed by atoms with Crippen LogP contribution in [0.3, 0.4) is 0 Å². The van der Waals surface area contributed by atoms with Crippen molar-refractivity contribution in [2.45, 2.75) is 45.7 Å². The van der Waals surface area contributed by atoms with Crippen LogP contribution >= 0.6 is 0 Å². The monoisotopic (exact) mass is 238 g/mol. The first-order chi connectivity index (χ1) is 8.12. The highest BCUT2D eigenvalue weighted by atomic mass is 16.5. The van der Waals surface area contributed by atoms with Gasteiger partial charge in [-0.05, 0) is 27.3 Å². The number of ether oxygens (including phenoxy) is 1. The average molecular weight is 238 g/mol. The van der Waals surface area contributed by atoms with E-state index < -0.39 is 0 Å². The molecule has 3 nitrogen and oxygen atoms in total. The Morgan fingerprint density at radius 2 is 2.00 bits per heavy atom. The molecule has 1 N–H and O–H groups in total. The van der Waals surface area contributed by atoms with E-state index in [2.05, 4.69) is 42.8 Å². The van der Waals surface area contributed by atoms with Gasteiger partial charge in [0.25, 0.3) is 0 Å². The summed E-state index contributed by atoms with van der Waals surface area (Å²) in [4.78, 5) is 2.52. The molecule has 98 valence electrons. The molecule has 0 radical (unpaired) electrons. The number of hydrogen-bond acceptors (Lipinski definition) is 3. The lowest BCUT2D eigenvalue weighted by molar-refractivity contribution is -0.0225. The van der Waals surface area contributed by atoms with Crippen LogP contribution in [0.25, 0.3) is 0 Å². The summed E-state index contributed by atoms with van der Waals surface area (Å²) in [6.45, 7) is 13.4. The van der Waals surface area contributed by atoms with Gasteiger partial charge in [0.1, 0.15) is 0 Å². The van der Waals surface area contributed by atoms with Gasteiger partial charge in [0.2, 0.25) is 0 Å². The van der Waals surface area contributed by atoms with Gasteiger partial charge in [-0.1, -0.05) is 6.92 Å². The van der Waals surface area contributed by atoms with Crippen LogP contribution in [-0.4, -0.2) is 49.3 Å². The molecule has 1 saturated heterocycles. The minimum atomic E-state index is 0.129. The van der Waals surface area contributed by atoms with E-state index in [4.69, 9.17) is 4.74 Å². The highest BCUT2D eigenvalue weighted by molar-refractivity contribution is 5.04. The predicted octanol–water partition coefficient (Wildman–Crippen LogP) is 1.49. The molecule has 1 aliphatic heterocycles. The summed E-state index contributed by atoms with van der Waals surface area (Å²) < 4.78 is 5.43. The number of nitrogens with one attached hydrogen (secondary N) is 1. The normalized spacial score (nSPS) is 19.5. The smallest absolute Gasteiger partial charge is 0.0594 e. The average Bonchev–Trinajstić information content (AvgIpc) is 2.35. The van der Waals surface area contributed by atoms with Crippen molar-refractivity contribution >= 4 is 0 Å². The second-order valence-corrected chi connectivity index (χ2v) is 4.99. The van der Waals surface area contributed by atoms with Crippen molar-refractivity contribution in [1.29, 1.82) is 0 Å². The minimum Gasteiger partial charge on any atom is -0.379 e. The molecular formula is C14H26N2O. The Hall–Kier alpha value is -0.560. The van der Waals surface area contributed by atoms with Crippen molar-refractivity contribution < 1.29 is 4.74 Å². The maximum absolute atomic E-state index is 5.43. The van der Waals surface area contributed by atoms with Gasteiger partial charge < -0.3 is 10.1 Å². The molecule has 0 aliphatic carbocycles. The van der Waals surface area contributed by atoms with Crippen LogP contribution in [0.5, 0.6) is 0 Å². The summed E-state index contributed by atoms with van der Waals surface area (Å²) in [6.07, 6.45) is 0.911. The van der Waals surface area contributed by atoms with E-state index in [-0.39, 0.29) is 5.54 Å². The predicted molar refractivity (Wildman–Crippen MR) is 72.0 cm³/mol. The van der Waals surface area contributed by atoms with E-state index >= 15 is 0 Å². The van der Waals surface area contributed by atoms with E-state index in [1.165, 1.54) is 0 Å². The largest absolute Gasteiger partial charge is 0.379 e. The molecule has 0 bridgehead atoms. The number of likely N-dealkylation sites (N-methyl/N-ethyl adjacent to an activating group) is 1. The number of nitrogens with zero attached hydrogens (tertiary/aromatic N) is 1. The Morgan fingerprint density at radius 3 is 2.53 bits per heavy atom. The first-order valence-electron chi connectivity index (χ1n) is 6.58. The highest BCUT2D eigenvalue weighted by Gasteiger charge is 2.35. The van der Waals surface area contributed by atoms with Crippen LogP contribution in [0.4, 0.5) is 0 Å². The van der Waals surface area contributed by atoms with E-state index in [1.807, 2.05) is 6.92 Å². The number of hydrogen-bond donors (Lipinski definition) is 1. The summed E-state index contributed by atoms with van der Waals surface area (Å²) in [6, 6.07) is 0.415. The first-order valence-corrected chi connectivity index (χ1v) is 6.58. The quantitative estimate of drug-likeness (QED) is 0.734. The van der Waals surface area contributed by atoms with Crippen LogP contribution in [0.1, 0.15) is 34.1 Å². The van der Waals surface area contributed by atoms with Crippen molar-refractivity contribution in [3.63, 3.8) is 0 Å². The van der Waals surface area contributed by atoms with Crippen molar-refractivity contribution in [2.75, 3.05) is 32.8 Å². The van der Waals surface area contributed by atoms with E-state index in [1.54, 1.807) is 0 Å². The Balaban J connectivity index is 2.68. The lowest BCUT2D eigenvalue weighted by atomic mass is 9.89. The second kappa shape index (κ2) is 7.00. The molecule has 1 aliphatic rings. The summed E-state index contributed by atoms with van der Waals surface area (Å²) in [5.41, 5.74) is 0.129. The highest BCUT2D eigenvalue weighted by Crippen LogP contribution is 2.22. The Bertz CT molecular complexity index is 272. The molecular weight excluding hydrogens is 212 g/mol. The SMILES string of the molecule is CC#CCC(NCC)C(C)(C)N1CCOCC1. The third-order valence-electron chi connectivity index (χ3n) is 3.61. The number of rotatable bonds is 5. The molecule has 0 aromatic rings. The van der Waals surface area contributed by atoms with Crippen LogP contribution < -0.4 is 5.32 Å². The molecule has 1 rings (SSSR count). The van der Waals surface area contributed by atoms with Gasteiger partial charge in [-0.15, -0.1) is 11.8 Å². The van der Waals surface area contributed by atoms with Crippen molar-refractivity contribution in [1.82, 2.24) is 10.2 Å². The fourth-order valence-corrected chi connectivity index (χ4v) is 2.38. The van der Waals surface area contributed by atoms with Crippen LogP contribution in [-0.2, 0) is 4.74 Å². The van der Waals surface area contributed by atoms with Crippen molar-refractivity contribution in [3.8, 4) is 11.8 Å². The first kappa shape index (κ1) is 14.5. The molecule has 1 unspecified atom stereocenters. The fraction of sp³-hybridized carbons (Fsp3) is 0.857. The standard InChI is InChI=1S/C14H26N2O/c1-5-7-8-13(15-6-2)14(3,4)16-9-11-17-12-10-16/h13,15H,6,8-12H2,1-4H3. The van der Waals surface area contributed by atoms with Gasteiger partial charge in [-0.2, -0.15) is 0 Å². The molecule has 0 aromatic carbocycles. The molecule has 0 amide bonds. The van der Waals surface area contributed by atoms with Gasteiger partial charge >= 0.3 is 0 Å². The van der Waals surface area contributed by atoms with Gasteiger partial charge in [0, 0.05) is 31.1 Å². The van der Waals surface area contributed by atoms with E-state index in [9.17, 15) is 0 Å². The molecule has 0 aromatic heterocycles. The van der Waals surface area contributed by atoms with Crippen LogP contribution in [0.2, 0.25) is 0 Å². The Kier molecular flexibility index (Phi) is 5.97. The zero-order valence-electron chi connectivity index (χ0n) is 11.7. The fourth-order valence-electron chi connectivity index (χ4n) is 2.38. The van der Waals surface area contributed by atoms with Crippen LogP contribution in [0.15, 0.2) is 0 Å². The molecule has 1 atom stereocenters. The van der Waals surface area contributed by atoms with Gasteiger partial charge in [-0.25, -0.2) is 0 Å². The molecule has 0 spiro atoms. The summed E-state index contributed by atoms with van der Waals surface area (Å²) >= 11 is 0. The Morgan fingerprint density at radius 1 is 1.35 bits per heavy atom. The zero-order valence-corrected chi connectivity index (χ0v) is 11.7. The third-order valence-corrected chi connectivity index (χ3v) is 3.61. The topological polar surface area (TPSA) is 24.5 Å². The van der Waals surface area contributed by atoms with Crippen molar-refractivity contribution in [3.05, 3.63) is 0 Å². The zero-order chi connectivity index (χ0) is 12.7. The second-order valence-electron chi connectivity index (χ2n) is 4.99. The van der Waals surface area contributed by atoms with Crippen molar-refractivity contribution in [2.24, 2.45) is 0 Å². The van der Waals surface area contributed by atoms with E-state index in [0.29, 0.717) is 6.04 Å². The molecule has 17 heavy (non-hydrogen) atoms. The lowest BCUT2D eigenvalue weighted by Gasteiger charge is -2.45. The van der Waals surface area contributed by atoms with E-state index in [0.717, 1.165) is 39.3 Å². The minimum absolute atomic E-state index is 0.129. The molecule has 1 heterocycles. The van der Waals surface area contributed by atoms with Gasteiger partial charge in [-0.3, -0.25) is 4.90 Å². The van der Waals surface area contributed by atoms with Crippen LogP contribution in [0, 0.1) is 11.8 Å². The summed E-state index contributed by atoms with van der Waals surface area (Å²) in [7, 11) is 0. The van der Waals surface area contributed by atoms with Gasteiger partial charge in [0.15, 0.2) is 0 Å². The maximum atomic E-state index is 5.43.